The third-order valence-electron chi connectivity index (χ3n) is 2.08. The van der Waals surface area contributed by atoms with E-state index in [1.807, 2.05) is 0 Å². The van der Waals surface area contributed by atoms with Crippen molar-refractivity contribution in [2.24, 2.45) is 7.05 Å². The van der Waals surface area contributed by atoms with Crippen LogP contribution in [0.25, 0.3) is 0 Å². The van der Waals surface area contributed by atoms with Gasteiger partial charge >= 0.3 is 5.69 Å². The highest BCUT2D eigenvalue weighted by molar-refractivity contribution is 9.10. The molecular formula is C10H13BrN2O2. The highest BCUT2D eigenvalue weighted by Crippen LogP contribution is 1.99. The molecule has 0 radical (unpaired) electrons. The highest BCUT2D eigenvalue weighted by atomic mass is 79.9. The first kappa shape index (κ1) is 12.0. The standard InChI is InChI=1S/C10H13BrN2O2/c1-3-4-5-6-13-9(14)8(11)7-12(2)10(13)15/h3,7H,1,4-6H2,2H3. The summed E-state index contributed by atoms with van der Waals surface area (Å²) in [4.78, 5) is 23.2. The summed E-state index contributed by atoms with van der Waals surface area (Å²) < 4.78 is 3.02. The average Bonchev–Trinajstić information content (AvgIpc) is 2.20. The summed E-state index contributed by atoms with van der Waals surface area (Å²) in [5.41, 5.74) is -0.561. The van der Waals surface area contributed by atoms with Crippen molar-refractivity contribution < 1.29 is 0 Å². The van der Waals surface area contributed by atoms with Crippen molar-refractivity contribution in [3.05, 3.63) is 44.2 Å². The van der Waals surface area contributed by atoms with E-state index in [4.69, 9.17) is 0 Å². The van der Waals surface area contributed by atoms with E-state index in [1.54, 1.807) is 13.1 Å². The van der Waals surface area contributed by atoms with Crippen LogP contribution >= 0.6 is 15.9 Å². The fourth-order valence-electron chi connectivity index (χ4n) is 1.28. The molecule has 82 valence electrons. The van der Waals surface area contributed by atoms with Crippen LogP contribution in [-0.4, -0.2) is 9.13 Å². The second-order valence-electron chi connectivity index (χ2n) is 3.26. The lowest BCUT2D eigenvalue weighted by molar-refractivity contribution is 0.563. The van der Waals surface area contributed by atoms with Gasteiger partial charge in [-0.15, -0.1) is 6.58 Å². The normalized spacial score (nSPS) is 10.3. The van der Waals surface area contributed by atoms with Crippen molar-refractivity contribution in [2.45, 2.75) is 19.4 Å². The smallest absolute Gasteiger partial charge is 0.302 e. The maximum absolute atomic E-state index is 11.6. The van der Waals surface area contributed by atoms with Crippen LogP contribution in [0, 0.1) is 0 Å². The van der Waals surface area contributed by atoms with Gasteiger partial charge in [0, 0.05) is 19.8 Å². The zero-order valence-corrected chi connectivity index (χ0v) is 10.2. The molecule has 1 aromatic heterocycles. The molecule has 0 unspecified atom stereocenters. The average molecular weight is 273 g/mol. The lowest BCUT2D eigenvalue weighted by Crippen LogP contribution is -2.38. The molecule has 5 heteroatoms. The van der Waals surface area contributed by atoms with E-state index in [0.29, 0.717) is 11.0 Å². The second kappa shape index (κ2) is 5.11. The van der Waals surface area contributed by atoms with Gasteiger partial charge in [0.05, 0.1) is 4.47 Å². The van der Waals surface area contributed by atoms with Crippen molar-refractivity contribution in [1.29, 1.82) is 0 Å². The molecule has 0 aliphatic heterocycles. The number of hydrogen-bond acceptors (Lipinski definition) is 2. The lowest BCUT2D eigenvalue weighted by atomic mass is 10.3. The summed E-state index contributed by atoms with van der Waals surface area (Å²) in [5.74, 6) is 0. The molecule has 0 N–H and O–H groups in total. The van der Waals surface area contributed by atoms with Gasteiger partial charge in [-0.25, -0.2) is 4.79 Å². The molecule has 0 saturated heterocycles. The Kier molecular flexibility index (Phi) is 4.08. The van der Waals surface area contributed by atoms with Crippen LogP contribution in [0.5, 0.6) is 0 Å². The summed E-state index contributed by atoms with van der Waals surface area (Å²) in [6.45, 7) is 4.02. The van der Waals surface area contributed by atoms with E-state index < -0.39 is 0 Å². The van der Waals surface area contributed by atoms with E-state index in [2.05, 4.69) is 22.5 Å². The van der Waals surface area contributed by atoms with Gasteiger partial charge < -0.3 is 4.57 Å². The molecule has 0 atom stereocenters. The number of allylic oxidation sites excluding steroid dienone is 1. The largest absolute Gasteiger partial charge is 0.330 e. The molecule has 15 heavy (non-hydrogen) atoms. The maximum atomic E-state index is 11.6. The SMILES string of the molecule is C=CCCCn1c(=O)c(Br)cn(C)c1=O. The van der Waals surface area contributed by atoms with Gasteiger partial charge in [-0.2, -0.15) is 0 Å². The Bertz CT molecular complexity index is 439. The zero-order chi connectivity index (χ0) is 11.4. The summed E-state index contributed by atoms with van der Waals surface area (Å²) in [5, 5.41) is 0. The van der Waals surface area contributed by atoms with Crippen LogP contribution in [0.2, 0.25) is 0 Å². The first-order chi connectivity index (χ1) is 7.07. The van der Waals surface area contributed by atoms with Gasteiger partial charge in [-0.3, -0.25) is 9.36 Å². The maximum Gasteiger partial charge on any atom is 0.330 e. The molecule has 0 saturated carbocycles. The number of aromatic nitrogens is 2. The van der Waals surface area contributed by atoms with Crippen molar-refractivity contribution in [1.82, 2.24) is 9.13 Å². The summed E-state index contributed by atoms with van der Waals surface area (Å²) >= 11 is 3.13. The first-order valence-electron chi connectivity index (χ1n) is 4.64. The third kappa shape index (κ3) is 2.68. The Labute approximate surface area is 96.0 Å². The van der Waals surface area contributed by atoms with Crippen molar-refractivity contribution in [3.63, 3.8) is 0 Å². The Hall–Kier alpha value is -1.10. The Morgan fingerprint density at radius 3 is 2.80 bits per heavy atom. The van der Waals surface area contributed by atoms with Crippen LogP contribution in [0.1, 0.15) is 12.8 Å². The van der Waals surface area contributed by atoms with Gasteiger partial charge in [-0.05, 0) is 28.8 Å². The molecule has 0 amide bonds. The van der Waals surface area contributed by atoms with Crippen LogP contribution < -0.4 is 11.2 Å². The minimum absolute atomic E-state index is 0.276. The Balaban J connectivity index is 3.10. The minimum atomic E-state index is -0.285. The second-order valence-corrected chi connectivity index (χ2v) is 4.11. The number of rotatable bonds is 4. The molecule has 0 bridgehead atoms. The fraction of sp³-hybridized carbons (Fsp3) is 0.400. The van der Waals surface area contributed by atoms with Gasteiger partial charge in [0.1, 0.15) is 0 Å². The third-order valence-corrected chi connectivity index (χ3v) is 2.62. The Morgan fingerprint density at radius 1 is 1.53 bits per heavy atom. The van der Waals surface area contributed by atoms with Gasteiger partial charge in [0.25, 0.3) is 5.56 Å². The van der Waals surface area contributed by atoms with E-state index in [9.17, 15) is 9.59 Å². The number of aryl methyl sites for hydroxylation is 1. The minimum Gasteiger partial charge on any atom is -0.302 e. The molecule has 0 aromatic carbocycles. The molecule has 1 rings (SSSR count). The molecule has 1 aromatic rings. The summed E-state index contributed by atoms with van der Waals surface area (Å²) in [6, 6.07) is 0. The molecule has 0 aliphatic rings. The van der Waals surface area contributed by atoms with Crippen molar-refractivity contribution in [3.8, 4) is 0 Å². The molecule has 0 fully saturated rings. The quantitative estimate of drug-likeness (QED) is 0.612. The highest BCUT2D eigenvalue weighted by Gasteiger charge is 2.06. The number of halogens is 1. The van der Waals surface area contributed by atoms with E-state index >= 15 is 0 Å². The topological polar surface area (TPSA) is 44.0 Å². The first-order valence-corrected chi connectivity index (χ1v) is 5.44. The monoisotopic (exact) mass is 272 g/mol. The van der Waals surface area contributed by atoms with Crippen LogP contribution in [-0.2, 0) is 13.6 Å². The molecule has 0 spiro atoms. The summed E-state index contributed by atoms with van der Waals surface area (Å²) in [6.07, 6.45) is 4.79. The molecular weight excluding hydrogens is 260 g/mol. The Morgan fingerprint density at radius 2 is 2.20 bits per heavy atom. The van der Waals surface area contributed by atoms with E-state index in [1.165, 1.54) is 15.3 Å². The predicted molar refractivity (Wildman–Crippen MR) is 63.1 cm³/mol. The van der Waals surface area contributed by atoms with E-state index in [-0.39, 0.29) is 11.2 Å². The van der Waals surface area contributed by atoms with E-state index in [0.717, 1.165) is 12.8 Å². The van der Waals surface area contributed by atoms with Crippen molar-refractivity contribution >= 4 is 15.9 Å². The van der Waals surface area contributed by atoms with Crippen molar-refractivity contribution in [2.75, 3.05) is 0 Å². The zero-order valence-electron chi connectivity index (χ0n) is 8.57. The number of unbranched alkanes of at least 4 members (excludes halogenated alkanes) is 1. The van der Waals surface area contributed by atoms with Crippen LogP contribution in [0.3, 0.4) is 0 Å². The molecule has 1 heterocycles. The number of hydrogen-bond donors (Lipinski definition) is 0. The van der Waals surface area contributed by atoms with Crippen LogP contribution in [0.4, 0.5) is 0 Å². The fourth-order valence-corrected chi connectivity index (χ4v) is 1.80. The molecule has 4 nitrogen and oxygen atoms in total. The van der Waals surface area contributed by atoms with Gasteiger partial charge in [0.15, 0.2) is 0 Å². The lowest BCUT2D eigenvalue weighted by Gasteiger charge is -2.06. The number of nitrogens with zero attached hydrogens (tertiary/aromatic N) is 2. The van der Waals surface area contributed by atoms with Gasteiger partial charge in [-0.1, -0.05) is 6.08 Å². The van der Waals surface area contributed by atoms with Gasteiger partial charge in [0.2, 0.25) is 0 Å². The predicted octanol–water partition coefficient (Wildman–Crippen LogP) is 1.28. The van der Waals surface area contributed by atoms with Crippen LogP contribution in [0.15, 0.2) is 32.9 Å². The molecule has 0 aliphatic carbocycles. The summed E-state index contributed by atoms with van der Waals surface area (Å²) in [7, 11) is 1.62.